The minimum Gasteiger partial charge on any atom is -0.485 e. The Hall–Kier alpha value is -3.80. The van der Waals surface area contributed by atoms with E-state index in [4.69, 9.17) is 14.2 Å². The van der Waals surface area contributed by atoms with E-state index in [9.17, 15) is 4.79 Å². The van der Waals surface area contributed by atoms with Gasteiger partial charge in [-0.15, -0.1) is 0 Å². The molecule has 0 aromatic heterocycles. The highest BCUT2D eigenvalue weighted by Crippen LogP contribution is 2.35. The normalized spacial score (nSPS) is 18.1. The third-order valence-electron chi connectivity index (χ3n) is 4.94. The second-order valence-corrected chi connectivity index (χ2v) is 6.78. The Morgan fingerprint density at radius 2 is 1.69 bits per heavy atom. The van der Waals surface area contributed by atoms with Crippen molar-refractivity contribution in [3.63, 3.8) is 0 Å². The van der Waals surface area contributed by atoms with E-state index in [2.05, 4.69) is 10.5 Å². The minimum atomic E-state index is -0.309. The fraction of sp³-hybridized carbons (Fsp3) is 0.130. The Kier molecular flexibility index (Phi) is 4.37. The number of ether oxygens (including phenoxy) is 3. The lowest BCUT2D eigenvalue weighted by Gasteiger charge is -2.27. The summed E-state index contributed by atoms with van der Waals surface area (Å²) in [6.07, 6.45) is 0.398. The first kappa shape index (κ1) is 17.3. The van der Waals surface area contributed by atoms with Crippen LogP contribution in [0.3, 0.4) is 0 Å². The molecule has 0 aliphatic carbocycles. The molecule has 6 nitrogen and oxygen atoms in total. The van der Waals surface area contributed by atoms with Crippen molar-refractivity contribution in [2.75, 3.05) is 6.79 Å². The van der Waals surface area contributed by atoms with Crippen molar-refractivity contribution in [3.05, 3.63) is 89.5 Å². The van der Waals surface area contributed by atoms with Gasteiger partial charge in [0.05, 0.1) is 5.71 Å². The predicted molar refractivity (Wildman–Crippen MR) is 107 cm³/mol. The van der Waals surface area contributed by atoms with Gasteiger partial charge in [-0.25, -0.2) is 5.43 Å². The molecule has 2 aliphatic rings. The summed E-state index contributed by atoms with van der Waals surface area (Å²) in [5, 5.41) is 4.44. The number of hydrazone groups is 1. The standard InChI is InChI=1S/C23H18N2O4/c26-23(16-10-11-20-22(12-16)28-14-27-20)25-24-18-13-21(15-6-2-1-3-7-15)29-19-9-5-4-8-17(18)19/h1-12,21H,13-14H2,(H,25,26)/t21-/m0/s1. The summed E-state index contributed by atoms with van der Waals surface area (Å²) in [6, 6.07) is 22.8. The van der Waals surface area contributed by atoms with Gasteiger partial charge in [0.2, 0.25) is 6.79 Å². The van der Waals surface area contributed by atoms with Crippen LogP contribution in [0.4, 0.5) is 0 Å². The molecule has 0 spiro atoms. The smallest absolute Gasteiger partial charge is 0.271 e. The van der Waals surface area contributed by atoms with Crippen molar-refractivity contribution in [2.24, 2.45) is 5.10 Å². The van der Waals surface area contributed by atoms with Crippen LogP contribution in [0, 0.1) is 0 Å². The quantitative estimate of drug-likeness (QED) is 0.689. The lowest BCUT2D eigenvalue weighted by Crippen LogP contribution is -2.25. The number of fused-ring (bicyclic) bond motifs is 2. The Morgan fingerprint density at radius 1 is 0.897 bits per heavy atom. The summed E-state index contributed by atoms with van der Waals surface area (Å²) in [5.41, 5.74) is 5.85. The van der Waals surface area contributed by atoms with E-state index in [1.54, 1.807) is 18.2 Å². The molecule has 0 saturated carbocycles. The molecule has 0 radical (unpaired) electrons. The molecule has 0 saturated heterocycles. The van der Waals surface area contributed by atoms with Crippen LogP contribution in [0.1, 0.15) is 34.0 Å². The first-order valence-electron chi connectivity index (χ1n) is 9.35. The first-order chi connectivity index (χ1) is 14.3. The topological polar surface area (TPSA) is 69.2 Å². The highest BCUT2D eigenvalue weighted by atomic mass is 16.7. The van der Waals surface area contributed by atoms with Gasteiger partial charge in [0.1, 0.15) is 11.9 Å². The summed E-state index contributed by atoms with van der Waals surface area (Å²) in [4.78, 5) is 12.6. The molecular weight excluding hydrogens is 368 g/mol. The van der Waals surface area contributed by atoms with Crippen LogP contribution < -0.4 is 19.6 Å². The molecule has 0 fully saturated rings. The molecule has 144 valence electrons. The molecule has 1 atom stereocenters. The average molecular weight is 386 g/mol. The zero-order valence-corrected chi connectivity index (χ0v) is 15.5. The fourth-order valence-electron chi connectivity index (χ4n) is 3.47. The number of amides is 1. The number of nitrogens with zero attached hydrogens (tertiary/aromatic N) is 1. The molecule has 6 heteroatoms. The summed E-state index contributed by atoms with van der Waals surface area (Å²) >= 11 is 0. The third kappa shape index (κ3) is 3.40. The molecule has 3 aromatic carbocycles. The van der Waals surface area contributed by atoms with E-state index >= 15 is 0 Å². The number of carbonyl (C=O) groups is 1. The van der Waals surface area contributed by atoms with Crippen LogP contribution in [0.5, 0.6) is 17.2 Å². The van der Waals surface area contributed by atoms with Crippen LogP contribution in [-0.4, -0.2) is 18.4 Å². The van der Waals surface area contributed by atoms with Gasteiger partial charge < -0.3 is 14.2 Å². The van der Waals surface area contributed by atoms with Gasteiger partial charge in [-0.05, 0) is 35.9 Å². The monoisotopic (exact) mass is 386 g/mol. The fourth-order valence-corrected chi connectivity index (χ4v) is 3.47. The highest BCUT2D eigenvalue weighted by Gasteiger charge is 2.26. The van der Waals surface area contributed by atoms with E-state index in [1.165, 1.54) is 0 Å². The summed E-state index contributed by atoms with van der Waals surface area (Å²) in [7, 11) is 0. The van der Waals surface area contributed by atoms with E-state index in [0.29, 0.717) is 23.5 Å². The predicted octanol–water partition coefficient (Wildman–Crippen LogP) is 4.07. The van der Waals surface area contributed by atoms with E-state index in [0.717, 1.165) is 22.6 Å². The number of hydrogen-bond acceptors (Lipinski definition) is 5. The molecule has 0 bridgehead atoms. The van der Waals surface area contributed by atoms with Crippen LogP contribution in [0.25, 0.3) is 0 Å². The van der Waals surface area contributed by atoms with Gasteiger partial charge in [0.25, 0.3) is 5.91 Å². The zero-order chi connectivity index (χ0) is 19.6. The highest BCUT2D eigenvalue weighted by molar-refractivity contribution is 6.05. The lowest BCUT2D eigenvalue weighted by atomic mass is 9.96. The number of para-hydroxylation sites is 1. The van der Waals surface area contributed by atoms with Crippen molar-refractivity contribution in [1.29, 1.82) is 0 Å². The minimum absolute atomic E-state index is 0.160. The largest absolute Gasteiger partial charge is 0.485 e. The molecule has 1 amide bonds. The summed E-state index contributed by atoms with van der Waals surface area (Å²) in [5.74, 6) is 1.64. The van der Waals surface area contributed by atoms with E-state index in [-0.39, 0.29) is 18.8 Å². The molecule has 2 aliphatic heterocycles. The number of rotatable bonds is 3. The maximum absolute atomic E-state index is 12.6. The van der Waals surface area contributed by atoms with Gasteiger partial charge in [-0.1, -0.05) is 42.5 Å². The van der Waals surface area contributed by atoms with Crippen molar-refractivity contribution < 1.29 is 19.0 Å². The number of benzene rings is 3. The third-order valence-corrected chi connectivity index (χ3v) is 4.94. The van der Waals surface area contributed by atoms with Crippen LogP contribution >= 0.6 is 0 Å². The van der Waals surface area contributed by atoms with Crippen LogP contribution in [0.15, 0.2) is 77.9 Å². The lowest BCUT2D eigenvalue weighted by molar-refractivity contribution is 0.0954. The molecule has 2 heterocycles. The van der Waals surface area contributed by atoms with Crippen molar-refractivity contribution in [3.8, 4) is 17.2 Å². The van der Waals surface area contributed by atoms with Gasteiger partial charge in [0, 0.05) is 17.5 Å². The maximum Gasteiger partial charge on any atom is 0.271 e. The van der Waals surface area contributed by atoms with Gasteiger partial charge >= 0.3 is 0 Å². The van der Waals surface area contributed by atoms with Gasteiger partial charge in [-0.3, -0.25) is 4.79 Å². The number of carbonyl (C=O) groups excluding carboxylic acids is 1. The Bertz CT molecular complexity index is 1100. The number of hydrogen-bond donors (Lipinski definition) is 1. The molecule has 3 aromatic rings. The van der Waals surface area contributed by atoms with Crippen molar-refractivity contribution in [2.45, 2.75) is 12.5 Å². The molecule has 5 rings (SSSR count). The second kappa shape index (κ2) is 7.31. The first-order valence-corrected chi connectivity index (χ1v) is 9.35. The Balaban J connectivity index is 1.41. The molecular formula is C23H18N2O4. The van der Waals surface area contributed by atoms with Gasteiger partial charge in [-0.2, -0.15) is 5.10 Å². The zero-order valence-electron chi connectivity index (χ0n) is 15.5. The molecule has 0 unspecified atom stereocenters. The van der Waals surface area contributed by atoms with Crippen LogP contribution in [-0.2, 0) is 0 Å². The second-order valence-electron chi connectivity index (χ2n) is 6.78. The Morgan fingerprint density at radius 3 is 2.59 bits per heavy atom. The summed E-state index contributed by atoms with van der Waals surface area (Å²) < 4.78 is 16.8. The van der Waals surface area contributed by atoms with E-state index < -0.39 is 0 Å². The SMILES string of the molecule is O=C(NN=C1C[C@@H](c2ccccc2)Oc2ccccc21)c1ccc2c(c1)OCO2. The average Bonchev–Trinajstić information content (AvgIpc) is 3.25. The number of nitrogens with one attached hydrogen (secondary N) is 1. The summed E-state index contributed by atoms with van der Waals surface area (Å²) in [6.45, 7) is 0.167. The van der Waals surface area contributed by atoms with Crippen molar-refractivity contribution in [1.82, 2.24) is 5.43 Å². The van der Waals surface area contributed by atoms with Gasteiger partial charge in [0.15, 0.2) is 11.5 Å². The Labute approximate surface area is 167 Å². The maximum atomic E-state index is 12.6. The van der Waals surface area contributed by atoms with E-state index in [1.807, 2.05) is 54.6 Å². The van der Waals surface area contributed by atoms with Crippen molar-refractivity contribution >= 4 is 11.6 Å². The molecule has 1 N–H and O–H groups in total. The van der Waals surface area contributed by atoms with Crippen LogP contribution in [0.2, 0.25) is 0 Å². The molecule has 29 heavy (non-hydrogen) atoms.